The molecule has 0 heterocycles. The highest BCUT2D eigenvalue weighted by Gasteiger charge is 2.18. The zero-order chi connectivity index (χ0) is 17.4. The van der Waals surface area contributed by atoms with E-state index in [0.717, 1.165) is 5.56 Å². The summed E-state index contributed by atoms with van der Waals surface area (Å²) in [7, 11) is 1.21. The molecular weight excluding hydrogens is 311 g/mol. The summed E-state index contributed by atoms with van der Waals surface area (Å²) in [6, 6.07) is 15.2. The van der Waals surface area contributed by atoms with E-state index >= 15 is 0 Å². The number of alkyl carbamates (subject to hydrolysis) is 1. The Balaban J connectivity index is 2.12. The number of nitrogens with one attached hydrogen (secondary N) is 2. The van der Waals surface area contributed by atoms with Crippen LogP contribution in [0.15, 0.2) is 54.6 Å². The molecule has 0 aliphatic heterocycles. The standard InChI is InChI=1S/C18H19FN2O3/c1-24-18(23)20-12-17(22)21-16(11-13-7-3-2-4-8-13)14-9-5-6-10-15(14)19/h2-10,16H,11-12H2,1H3,(H,20,23)(H,21,22)/t16-/m1/s1. The highest BCUT2D eigenvalue weighted by atomic mass is 19.1. The van der Waals surface area contributed by atoms with E-state index in [2.05, 4.69) is 15.4 Å². The summed E-state index contributed by atoms with van der Waals surface area (Å²) in [5, 5.41) is 5.05. The molecule has 0 spiro atoms. The number of halogens is 1. The van der Waals surface area contributed by atoms with E-state index in [4.69, 9.17) is 0 Å². The van der Waals surface area contributed by atoms with Gasteiger partial charge in [-0.3, -0.25) is 4.79 Å². The average molecular weight is 330 g/mol. The number of methoxy groups -OCH3 is 1. The number of amides is 2. The lowest BCUT2D eigenvalue weighted by Gasteiger charge is -2.20. The van der Waals surface area contributed by atoms with Crippen molar-refractivity contribution >= 4 is 12.0 Å². The SMILES string of the molecule is COC(=O)NCC(=O)N[C@H](Cc1ccccc1)c1ccccc1F. The third kappa shape index (κ3) is 5.08. The van der Waals surface area contributed by atoms with Gasteiger partial charge < -0.3 is 15.4 Å². The van der Waals surface area contributed by atoms with Gasteiger partial charge in [0.05, 0.1) is 13.2 Å². The largest absolute Gasteiger partial charge is 0.453 e. The van der Waals surface area contributed by atoms with Crippen LogP contribution in [0.2, 0.25) is 0 Å². The predicted octanol–water partition coefficient (Wildman–Crippen LogP) is 2.58. The van der Waals surface area contributed by atoms with Gasteiger partial charge in [0.15, 0.2) is 0 Å². The minimum atomic E-state index is -0.698. The number of hydrogen-bond donors (Lipinski definition) is 2. The normalized spacial score (nSPS) is 11.4. The number of carbonyl (C=O) groups is 2. The molecule has 2 amide bonds. The van der Waals surface area contributed by atoms with Gasteiger partial charge in [0, 0.05) is 5.56 Å². The van der Waals surface area contributed by atoms with Gasteiger partial charge in [0.1, 0.15) is 12.4 Å². The molecule has 24 heavy (non-hydrogen) atoms. The van der Waals surface area contributed by atoms with Gasteiger partial charge in [-0.25, -0.2) is 9.18 Å². The second-order valence-corrected chi connectivity index (χ2v) is 5.18. The first kappa shape index (κ1) is 17.5. The molecule has 6 heteroatoms. The van der Waals surface area contributed by atoms with E-state index in [-0.39, 0.29) is 12.4 Å². The van der Waals surface area contributed by atoms with E-state index in [1.54, 1.807) is 18.2 Å². The number of rotatable bonds is 6. The first-order valence-electron chi connectivity index (χ1n) is 7.49. The van der Waals surface area contributed by atoms with Crippen LogP contribution in [0.3, 0.4) is 0 Å². The van der Waals surface area contributed by atoms with Gasteiger partial charge in [-0.1, -0.05) is 48.5 Å². The quantitative estimate of drug-likeness (QED) is 0.855. The van der Waals surface area contributed by atoms with Crippen molar-refractivity contribution in [2.75, 3.05) is 13.7 Å². The van der Waals surface area contributed by atoms with Gasteiger partial charge >= 0.3 is 6.09 Å². The summed E-state index contributed by atoms with van der Waals surface area (Å²) in [6.07, 6.45) is -0.262. The Bertz CT molecular complexity index is 692. The summed E-state index contributed by atoms with van der Waals surface area (Å²) in [4.78, 5) is 23.1. The van der Waals surface area contributed by atoms with Crippen molar-refractivity contribution in [2.24, 2.45) is 0 Å². The highest BCUT2D eigenvalue weighted by molar-refractivity contribution is 5.82. The Labute approximate surface area is 139 Å². The molecule has 0 saturated heterocycles. The molecule has 2 N–H and O–H groups in total. The lowest BCUT2D eigenvalue weighted by atomic mass is 9.98. The minimum absolute atomic E-state index is 0.244. The Kier molecular flexibility index (Phi) is 6.31. The van der Waals surface area contributed by atoms with Gasteiger partial charge in [-0.15, -0.1) is 0 Å². The summed E-state index contributed by atoms with van der Waals surface area (Å²) < 4.78 is 18.5. The molecular formula is C18H19FN2O3. The van der Waals surface area contributed by atoms with Gasteiger partial charge in [-0.05, 0) is 18.1 Å². The Morgan fingerprint density at radius 1 is 1.08 bits per heavy atom. The molecule has 0 aromatic heterocycles. The summed E-state index contributed by atoms with van der Waals surface area (Å²) in [5.41, 5.74) is 1.36. The Morgan fingerprint density at radius 3 is 2.42 bits per heavy atom. The molecule has 2 aromatic rings. The van der Waals surface area contributed by atoms with Crippen LogP contribution in [0, 0.1) is 5.82 Å². The zero-order valence-corrected chi connectivity index (χ0v) is 13.3. The maximum Gasteiger partial charge on any atom is 0.407 e. The van der Waals surface area contributed by atoms with Crippen molar-refractivity contribution in [1.29, 1.82) is 0 Å². The highest BCUT2D eigenvalue weighted by Crippen LogP contribution is 2.21. The first-order valence-corrected chi connectivity index (χ1v) is 7.49. The molecule has 0 fully saturated rings. The lowest BCUT2D eigenvalue weighted by molar-refractivity contribution is -0.120. The molecule has 126 valence electrons. The van der Waals surface area contributed by atoms with Crippen molar-refractivity contribution in [3.8, 4) is 0 Å². The molecule has 0 unspecified atom stereocenters. The van der Waals surface area contributed by atoms with Crippen LogP contribution in [0.4, 0.5) is 9.18 Å². The second-order valence-electron chi connectivity index (χ2n) is 5.18. The van der Waals surface area contributed by atoms with Crippen molar-refractivity contribution in [3.63, 3.8) is 0 Å². The molecule has 0 aliphatic rings. The molecule has 0 bridgehead atoms. The van der Waals surface area contributed by atoms with Crippen LogP contribution in [0.5, 0.6) is 0 Å². The van der Waals surface area contributed by atoms with Gasteiger partial charge in [-0.2, -0.15) is 0 Å². The Hall–Kier alpha value is -2.89. The van der Waals surface area contributed by atoms with E-state index in [1.807, 2.05) is 30.3 Å². The van der Waals surface area contributed by atoms with Crippen LogP contribution < -0.4 is 10.6 Å². The maximum atomic E-state index is 14.1. The minimum Gasteiger partial charge on any atom is -0.453 e. The van der Waals surface area contributed by atoms with E-state index in [9.17, 15) is 14.0 Å². The average Bonchev–Trinajstić information content (AvgIpc) is 2.60. The van der Waals surface area contributed by atoms with E-state index < -0.39 is 18.0 Å². The molecule has 2 aromatic carbocycles. The molecule has 2 rings (SSSR count). The first-order chi connectivity index (χ1) is 11.6. The topological polar surface area (TPSA) is 67.4 Å². The van der Waals surface area contributed by atoms with E-state index in [1.165, 1.54) is 13.2 Å². The molecule has 5 nitrogen and oxygen atoms in total. The monoisotopic (exact) mass is 330 g/mol. The fourth-order valence-corrected chi connectivity index (χ4v) is 2.32. The summed E-state index contributed by atoms with van der Waals surface area (Å²) >= 11 is 0. The molecule has 0 saturated carbocycles. The summed E-state index contributed by atoms with van der Waals surface area (Å²) in [6.45, 7) is -0.244. The fraction of sp³-hybridized carbons (Fsp3) is 0.222. The number of benzene rings is 2. The van der Waals surface area contributed by atoms with Crippen molar-refractivity contribution in [1.82, 2.24) is 10.6 Å². The summed E-state index contributed by atoms with van der Waals surface area (Å²) in [5.74, 6) is -0.816. The van der Waals surface area contributed by atoms with Crippen molar-refractivity contribution in [2.45, 2.75) is 12.5 Å². The smallest absolute Gasteiger partial charge is 0.407 e. The maximum absolute atomic E-state index is 14.1. The number of hydrogen-bond acceptors (Lipinski definition) is 3. The molecule has 0 radical (unpaired) electrons. The van der Waals surface area contributed by atoms with Crippen LogP contribution in [0.1, 0.15) is 17.2 Å². The third-order valence-corrected chi connectivity index (χ3v) is 3.48. The van der Waals surface area contributed by atoms with Crippen molar-refractivity contribution in [3.05, 3.63) is 71.5 Å². The van der Waals surface area contributed by atoms with Crippen LogP contribution >= 0.6 is 0 Å². The van der Waals surface area contributed by atoms with Gasteiger partial charge in [0.25, 0.3) is 0 Å². The predicted molar refractivity (Wildman–Crippen MR) is 87.8 cm³/mol. The second kappa shape index (κ2) is 8.67. The van der Waals surface area contributed by atoms with Crippen LogP contribution in [0.25, 0.3) is 0 Å². The van der Waals surface area contributed by atoms with Crippen molar-refractivity contribution < 1.29 is 18.7 Å². The fourth-order valence-electron chi connectivity index (χ4n) is 2.32. The lowest BCUT2D eigenvalue weighted by Crippen LogP contribution is -2.39. The number of carbonyl (C=O) groups excluding carboxylic acids is 2. The Morgan fingerprint density at radius 2 is 1.75 bits per heavy atom. The molecule has 1 atom stereocenters. The van der Waals surface area contributed by atoms with Crippen LogP contribution in [-0.4, -0.2) is 25.7 Å². The van der Waals surface area contributed by atoms with E-state index in [0.29, 0.717) is 12.0 Å². The zero-order valence-electron chi connectivity index (χ0n) is 13.3. The molecule has 0 aliphatic carbocycles. The number of ether oxygens (including phenoxy) is 1. The third-order valence-electron chi connectivity index (χ3n) is 3.48. The van der Waals surface area contributed by atoms with Gasteiger partial charge in [0.2, 0.25) is 5.91 Å². The van der Waals surface area contributed by atoms with Crippen LogP contribution in [-0.2, 0) is 16.0 Å².